The van der Waals surface area contributed by atoms with Crippen LogP contribution in [-0.2, 0) is 29.2 Å². The molecule has 59 heavy (non-hydrogen) atoms. The average molecular weight is 828 g/mol. The number of piperidine rings is 1. The normalized spacial score (nSPS) is 26.2. The number of fused-ring (bicyclic) bond motifs is 1. The number of nitrogens with one attached hydrogen (secondary N) is 2. The van der Waals surface area contributed by atoms with Crippen molar-refractivity contribution in [2.24, 2.45) is 29.1 Å². The monoisotopic (exact) mass is 827 g/mol. The van der Waals surface area contributed by atoms with Crippen molar-refractivity contribution in [1.82, 2.24) is 24.8 Å². The van der Waals surface area contributed by atoms with Crippen molar-refractivity contribution in [1.29, 1.82) is 0 Å². The van der Waals surface area contributed by atoms with Crippen LogP contribution in [0.5, 0.6) is 11.5 Å². The van der Waals surface area contributed by atoms with E-state index in [0.717, 1.165) is 12.0 Å². The number of rotatable bonds is 13. The lowest BCUT2D eigenvalue weighted by atomic mass is 9.77. The van der Waals surface area contributed by atoms with Gasteiger partial charge >= 0.3 is 0 Å². The van der Waals surface area contributed by atoms with Gasteiger partial charge in [0.1, 0.15) is 29.2 Å². The molecule has 2 N–H and O–H groups in total. The van der Waals surface area contributed by atoms with Crippen LogP contribution in [0.15, 0.2) is 67.3 Å². The van der Waals surface area contributed by atoms with Crippen LogP contribution < -0.4 is 19.5 Å². The zero-order valence-corrected chi connectivity index (χ0v) is 35.7. The number of aromatic nitrogens is 1. The summed E-state index contributed by atoms with van der Waals surface area (Å²) in [6.07, 6.45) is 3.02. The first kappa shape index (κ1) is 42.2. The molecule has 4 amide bonds. The summed E-state index contributed by atoms with van der Waals surface area (Å²) in [5.41, 5.74) is -0.0426. The third kappa shape index (κ3) is 8.97. The SMILES string of the molecule is C=CC1C[C@]1(NC(=O)[C@@H]1C[C@@H](Oc2cc(-c3ccccc3)nc3cc(OC)ccc23)CN1C(=O)[C@@H](CC(=O)N1CC(C)CC(C)C1)C(C)(C)C)C(=O)NS(=O)(=O)C1CC1. The summed E-state index contributed by atoms with van der Waals surface area (Å²) < 4.78 is 40.2. The van der Waals surface area contributed by atoms with Crippen LogP contribution in [0.2, 0.25) is 0 Å². The molecule has 4 aliphatic rings. The molecule has 2 aliphatic heterocycles. The van der Waals surface area contributed by atoms with Gasteiger partial charge in [-0.05, 0) is 55.1 Å². The smallest absolute Gasteiger partial charge is 0.259 e. The van der Waals surface area contributed by atoms with E-state index in [1.54, 1.807) is 7.11 Å². The first-order valence-corrected chi connectivity index (χ1v) is 22.3. The van der Waals surface area contributed by atoms with Gasteiger partial charge in [-0.25, -0.2) is 13.4 Å². The van der Waals surface area contributed by atoms with Crippen LogP contribution in [0.1, 0.15) is 73.1 Å². The number of nitrogens with zero attached hydrogens (tertiary/aromatic N) is 3. The molecule has 7 atom stereocenters. The summed E-state index contributed by atoms with van der Waals surface area (Å²) in [4.78, 5) is 65.5. The van der Waals surface area contributed by atoms with Crippen molar-refractivity contribution in [3.8, 4) is 22.8 Å². The van der Waals surface area contributed by atoms with E-state index in [0.29, 0.717) is 65.9 Å². The summed E-state index contributed by atoms with van der Waals surface area (Å²) in [5, 5.41) is 2.95. The van der Waals surface area contributed by atoms with Crippen molar-refractivity contribution < 1.29 is 37.1 Å². The van der Waals surface area contributed by atoms with Gasteiger partial charge in [-0.15, -0.1) is 6.58 Å². The Kier molecular flexibility index (Phi) is 11.6. The Labute approximate surface area is 347 Å². The van der Waals surface area contributed by atoms with E-state index in [1.807, 2.05) is 80.3 Å². The number of pyridine rings is 1. The standard InChI is InChI=1S/C45H57N5O8S/c1-8-30-23-45(30,43(54)48-59(55,56)33-15-16-33)47-41(52)38-20-32(26-50(38)42(53)35(44(4,5)6)21-40(51)49-24-27(2)18-28(3)25-49)58-39-22-36(29-12-10-9-11-13-29)46-37-19-31(57-7)14-17-34(37)39/h8-14,17,19,22,27-28,30,32-33,35,38H,1,15-16,18,20-21,23-26H2,2-7H3,(H,47,52)(H,48,54)/t27?,28?,30?,32-,35-,38+,45-/m1/s1. The van der Waals surface area contributed by atoms with E-state index < -0.39 is 62.0 Å². The maximum absolute atomic E-state index is 15.0. The van der Waals surface area contributed by atoms with E-state index >= 15 is 4.79 Å². The van der Waals surface area contributed by atoms with Gasteiger partial charge in [0.15, 0.2) is 0 Å². The third-order valence-corrected chi connectivity index (χ3v) is 14.2. The van der Waals surface area contributed by atoms with Crippen LogP contribution in [0.25, 0.3) is 22.2 Å². The fourth-order valence-electron chi connectivity index (χ4n) is 8.87. The number of ether oxygens (including phenoxy) is 2. The van der Waals surface area contributed by atoms with Crippen molar-refractivity contribution in [2.45, 2.75) is 96.1 Å². The summed E-state index contributed by atoms with van der Waals surface area (Å²) in [7, 11) is -2.32. The summed E-state index contributed by atoms with van der Waals surface area (Å²) in [5.74, 6) is -1.38. The Morgan fingerprint density at radius 2 is 1.69 bits per heavy atom. The number of carbonyl (C=O) groups is 4. The highest BCUT2D eigenvalue weighted by Crippen LogP contribution is 2.46. The molecule has 2 saturated heterocycles. The molecule has 0 spiro atoms. The van der Waals surface area contributed by atoms with E-state index in [1.165, 1.54) is 11.0 Å². The van der Waals surface area contributed by atoms with E-state index in [4.69, 9.17) is 14.5 Å². The minimum Gasteiger partial charge on any atom is -0.497 e. The predicted molar refractivity (Wildman–Crippen MR) is 225 cm³/mol. The zero-order valence-electron chi connectivity index (χ0n) is 34.9. The van der Waals surface area contributed by atoms with Gasteiger partial charge in [0.2, 0.25) is 27.7 Å². The number of methoxy groups -OCH3 is 1. The predicted octanol–water partition coefficient (Wildman–Crippen LogP) is 5.48. The van der Waals surface area contributed by atoms with Crippen LogP contribution in [0.4, 0.5) is 0 Å². The van der Waals surface area contributed by atoms with Gasteiger partial charge in [0.25, 0.3) is 5.91 Å². The maximum Gasteiger partial charge on any atom is 0.259 e. The van der Waals surface area contributed by atoms with Gasteiger partial charge in [0.05, 0.1) is 36.0 Å². The highest BCUT2D eigenvalue weighted by molar-refractivity contribution is 7.91. The van der Waals surface area contributed by atoms with Gasteiger partial charge < -0.3 is 24.6 Å². The first-order chi connectivity index (χ1) is 27.9. The van der Waals surface area contributed by atoms with Crippen LogP contribution in [0, 0.1) is 29.1 Å². The Hall–Kier alpha value is -4.98. The number of carbonyl (C=O) groups excluding carboxylic acids is 4. The highest BCUT2D eigenvalue weighted by atomic mass is 32.2. The molecule has 14 heteroatoms. The number of amides is 4. The van der Waals surface area contributed by atoms with Gasteiger partial charge in [-0.2, -0.15) is 0 Å². The molecule has 0 radical (unpaired) electrons. The lowest BCUT2D eigenvalue weighted by molar-refractivity contribution is -0.149. The van der Waals surface area contributed by atoms with Gasteiger partial charge in [-0.3, -0.25) is 23.9 Å². The second-order valence-corrected chi connectivity index (χ2v) is 20.2. The number of hydrogen-bond donors (Lipinski definition) is 2. The molecular formula is C45H57N5O8S. The molecule has 0 bridgehead atoms. The Balaban J connectivity index is 1.21. The maximum atomic E-state index is 15.0. The zero-order chi connectivity index (χ0) is 42.4. The fourth-order valence-corrected chi connectivity index (χ4v) is 10.2. The Bertz CT molecular complexity index is 2230. The fraction of sp³-hybridized carbons (Fsp3) is 0.533. The lowest BCUT2D eigenvalue weighted by Gasteiger charge is -2.38. The van der Waals surface area contributed by atoms with Crippen LogP contribution >= 0.6 is 0 Å². The Morgan fingerprint density at radius 1 is 1.00 bits per heavy atom. The molecule has 3 unspecified atom stereocenters. The molecule has 2 aliphatic carbocycles. The molecule has 7 rings (SSSR count). The molecule has 316 valence electrons. The molecule has 4 fully saturated rings. The van der Waals surface area contributed by atoms with Crippen molar-refractivity contribution in [2.75, 3.05) is 26.7 Å². The molecular weight excluding hydrogens is 771 g/mol. The second kappa shape index (κ2) is 16.2. The van der Waals surface area contributed by atoms with Crippen LogP contribution in [-0.4, -0.2) is 96.5 Å². The van der Waals surface area contributed by atoms with E-state index in [2.05, 4.69) is 30.5 Å². The van der Waals surface area contributed by atoms with Gasteiger partial charge in [0, 0.05) is 54.9 Å². The molecule has 13 nitrogen and oxygen atoms in total. The van der Waals surface area contributed by atoms with Crippen molar-refractivity contribution in [3.63, 3.8) is 0 Å². The first-order valence-electron chi connectivity index (χ1n) is 20.7. The quantitative estimate of drug-likeness (QED) is 0.212. The van der Waals surface area contributed by atoms with Crippen molar-refractivity contribution in [3.05, 3.63) is 67.3 Å². The summed E-state index contributed by atoms with van der Waals surface area (Å²) >= 11 is 0. The molecule has 2 aromatic carbocycles. The topological polar surface area (TPSA) is 164 Å². The van der Waals surface area contributed by atoms with Crippen molar-refractivity contribution >= 4 is 44.6 Å². The van der Waals surface area contributed by atoms with Gasteiger partial charge in [-0.1, -0.05) is 71.0 Å². The second-order valence-electron chi connectivity index (χ2n) is 18.3. The lowest BCUT2D eigenvalue weighted by Crippen LogP contribution is -2.57. The number of benzene rings is 2. The molecule has 2 saturated carbocycles. The summed E-state index contributed by atoms with van der Waals surface area (Å²) in [6, 6.07) is 15.9. The van der Waals surface area contributed by atoms with E-state index in [9.17, 15) is 22.8 Å². The largest absolute Gasteiger partial charge is 0.497 e. The Morgan fingerprint density at radius 3 is 2.31 bits per heavy atom. The number of likely N-dealkylation sites (tertiary alicyclic amines) is 2. The highest BCUT2D eigenvalue weighted by Gasteiger charge is 2.62. The third-order valence-electron chi connectivity index (χ3n) is 12.4. The molecule has 1 aromatic heterocycles. The molecule has 3 heterocycles. The summed E-state index contributed by atoms with van der Waals surface area (Å²) in [6.45, 7) is 15.1. The number of hydrogen-bond acceptors (Lipinski definition) is 9. The average Bonchev–Trinajstić information content (AvgIpc) is 4.12. The number of sulfonamides is 1. The van der Waals surface area contributed by atoms with E-state index in [-0.39, 0.29) is 37.6 Å². The molecule has 3 aromatic rings. The minimum absolute atomic E-state index is 0.0241. The minimum atomic E-state index is -3.90. The van der Waals surface area contributed by atoms with Crippen LogP contribution in [0.3, 0.4) is 0 Å².